The molecule has 1 aliphatic rings. The highest BCUT2D eigenvalue weighted by atomic mass is 32.1. The zero-order valence-electron chi connectivity index (χ0n) is 17.1. The number of rotatable bonds is 7. The van der Waals surface area contributed by atoms with Crippen molar-refractivity contribution in [3.8, 4) is 11.5 Å². The summed E-state index contributed by atoms with van der Waals surface area (Å²) in [6.07, 6.45) is 0. The fourth-order valence-electron chi connectivity index (χ4n) is 3.41. The van der Waals surface area contributed by atoms with E-state index >= 15 is 0 Å². The molecule has 0 unspecified atom stereocenters. The molecule has 158 valence electrons. The Morgan fingerprint density at radius 3 is 2.53 bits per heavy atom. The van der Waals surface area contributed by atoms with Gasteiger partial charge in [0.25, 0.3) is 5.91 Å². The molecule has 1 amide bonds. The van der Waals surface area contributed by atoms with E-state index in [4.69, 9.17) is 14.5 Å². The number of anilines is 1. The minimum atomic E-state index is -0.434. The van der Waals surface area contributed by atoms with E-state index in [-0.39, 0.29) is 5.91 Å². The molecule has 1 aromatic heterocycles. The van der Waals surface area contributed by atoms with Gasteiger partial charge >= 0.3 is 0 Å². The fourth-order valence-corrected chi connectivity index (χ4v) is 4.41. The predicted molar refractivity (Wildman–Crippen MR) is 116 cm³/mol. The average molecular weight is 430 g/mol. The van der Waals surface area contributed by atoms with Gasteiger partial charge in [-0.1, -0.05) is 31.3 Å². The molecule has 8 heteroatoms. The first kappa shape index (κ1) is 20.6. The number of likely N-dealkylation sites (N-methyl/N-ethyl adjacent to an activating group) is 1. The van der Waals surface area contributed by atoms with Crippen LogP contribution in [0.5, 0.6) is 11.5 Å². The van der Waals surface area contributed by atoms with Crippen LogP contribution < -0.4 is 14.4 Å². The molecule has 2 aromatic carbocycles. The molecule has 1 aliphatic heterocycles. The van der Waals surface area contributed by atoms with Crippen molar-refractivity contribution in [2.75, 3.05) is 44.3 Å². The third-order valence-electron chi connectivity index (χ3n) is 5.12. The van der Waals surface area contributed by atoms with Gasteiger partial charge in [0.2, 0.25) is 0 Å². The van der Waals surface area contributed by atoms with Crippen molar-refractivity contribution < 1.29 is 18.7 Å². The van der Waals surface area contributed by atoms with E-state index in [9.17, 15) is 9.18 Å². The van der Waals surface area contributed by atoms with E-state index in [2.05, 4.69) is 18.7 Å². The van der Waals surface area contributed by atoms with E-state index < -0.39 is 5.82 Å². The molecule has 3 aromatic rings. The first-order chi connectivity index (χ1) is 14.6. The monoisotopic (exact) mass is 429 g/mol. The number of ether oxygens (including phenoxy) is 2. The number of thiazole rings is 1. The van der Waals surface area contributed by atoms with Crippen LogP contribution in [0.1, 0.15) is 24.2 Å². The van der Waals surface area contributed by atoms with Gasteiger partial charge in [-0.05, 0) is 31.3 Å². The van der Waals surface area contributed by atoms with E-state index in [0.29, 0.717) is 48.5 Å². The number of amides is 1. The Balaban J connectivity index is 1.69. The van der Waals surface area contributed by atoms with Gasteiger partial charge in [0.05, 0.1) is 10.2 Å². The van der Waals surface area contributed by atoms with Crippen molar-refractivity contribution in [2.45, 2.75) is 13.8 Å². The molecule has 0 aliphatic carbocycles. The van der Waals surface area contributed by atoms with Crippen molar-refractivity contribution in [3.05, 3.63) is 47.8 Å². The molecule has 0 spiro atoms. The zero-order chi connectivity index (χ0) is 21.1. The molecule has 0 saturated carbocycles. The Morgan fingerprint density at radius 1 is 1.10 bits per heavy atom. The second-order valence-corrected chi connectivity index (χ2v) is 7.96. The number of fused-ring (bicyclic) bond motifs is 2. The second-order valence-electron chi connectivity index (χ2n) is 6.95. The Morgan fingerprint density at radius 2 is 1.83 bits per heavy atom. The molecule has 0 saturated heterocycles. The summed E-state index contributed by atoms with van der Waals surface area (Å²) in [4.78, 5) is 21.8. The fraction of sp³-hybridized carbons (Fsp3) is 0.364. The van der Waals surface area contributed by atoms with Crippen LogP contribution in [0.2, 0.25) is 0 Å². The first-order valence-corrected chi connectivity index (χ1v) is 10.9. The lowest BCUT2D eigenvalue weighted by atomic mass is 10.2. The summed E-state index contributed by atoms with van der Waals surface area (Å²) < 4.78 is 26.0. The summed E-state index contributed by atoms with van der Waals surface area (Å²) in [6.45, 7) is 8.13. The average Bonchev–Trinajstić information content (AvgIpc) is 3.17. The lowest BCUT2D eigenvalue weighted by Gasteiger charge is -2.24. The number of hydrogen-bond acceptors (Lipinski definition) is 6. The van der Waals surface area contributed by atoms with Crippen molar-refractivity contribution in [2.24, 2.45) is 0 Å². The summed E-state index contributed by atoms with van der Waals surface area (Å²) in [5, 5.41) is 0.578. The number of benzene rings is 2. The number of hydrogen-bond donors (Lipinski definition) is 0. The Bertz CT molecular complexity index is 1010. The molecule has 0 atom stereocenters. The van der Waals surface area contributed by atoms with Crippen LogP contribution in [0.25, 0.3) is 10.2 Å². The summed E-state index contributed by atoms with van der Waals surface area (Å²) in [6, 6.07) is 9.52. The van der Waals surface area contributed by atoms with Crippen LogP contribution in [-0.4, -0.2) is 55.2 Å². The van der Waals surface area contributed by atoms with Crippen LogP contribution in [0.3, 0.4) is 0 Å². The quantitative estimate of drug-likeness (QED) is 0.564. The molecule has 6 nitrogen and oxygen atoms in total. The highest BCUT2D eigenvalue weighted by Crippen LogP contribution is 2.39. The summed E-state index contributed by atoms with van der Waals surface area (Å²) in [7, 11) is 0. The molecule has 0 bridgehead atoms. The predicted octanol–water partition coefficient (Wildman–Crippen LogP) is 4.20. The maximum atomic E-state index is 13.7. The number of nitrogens with zero attached hydrogens (tertiary/aromatic N) is 3. The van der Waals surface area contributed by atoms with E-state index in [0.717, 1.165) is 23.3 Å². The van der Waals surface area contributed by atoms with Gasteiger partial charge in [0, 0.05) is 30.8 Å². The summed E-state index contributed by atoms with van der Waals surface area (Å²) in [5.74, 6) is 0.653. The van der Waals surface area contributed by atoms with Gasteiger partial charge in [0.1, 0.15) is 19.0 Å². The largest absolute Gasteiger partial charge is 0.486 e. The zero-order valence-corrected chi connectivity index (χ0v) is 17.9. The molecule has 0 N–H and O–H groups in total. The molecular weight excluding hydrogens is 405 g/mol. The third kappa shape index (κ3) is 4.24. The molecular formula is C22H24FN3O3S. The minimum absolute atomic E-state index is 0.266. The van der Waals surface area contributed by atoms with Gasteiger partial charge in [0.15, 0.2) is 16.6 Å². The minimum Gasteiger partial charge on any atom is -0.486 e. The van der Waals surface area contributed by atoms with Crippen molar-refractivity contribution in [3.63, 3.8) is 0 Å². The first-order valence-electron chi connectivity index (χ1n) is 10.1. The molecule has 30 heavy (non-hydrogen) atoms. The van der Waals surface area contributed by atoms with Gasteiger partial charge < -0.3 is 14.4 Å². The Hall–Kier alpha value is -2.71. The van der Waals surface area contributed by atoms with Crippen LogP contribution in [0.15, 0.2) is 36.4 Å². The van der Waals surface area contributed by atoms with Crippen molar-refractivity contribution in [1.82, 2.24) is 9.88 Å². The van der Waals surface area contributed by atoms with E-state index in [1.54, 1.807) is 17.0 Å². The Labute approximate surface area is 178 Å². The highest BCUT2D eigenvalue weighted by molar-refractivity contribution is 7.22. The second kappa shape index (κ2) is 8.97. The molecule has 2 heterocycles. The number of carbonyl (C=O) groups excluding carboxylic acids is 1. The molecule has 4 rings (SSSR count). The van der Waals surface area contributed by atoms with Crippen molar-refractivity contribution >= 4 is 32.6 Å². The van der Waals surface area contributed by atoms with Crippen LogP contribution in [0.4, 0.5) is 9.52 Å². The van der Waals surface area contributed by atoms with Gasteiger partial charge in [-0.3, -0.25) is 9.69 Å². The standard InChI is InChI=1S/C22H24FN3O3S/c1-3-25(4-2)8-9-26(21(27)15-6-5-7-16(23)12-15)22-24-17-13-18-19(14-20(17)30-22)29-11-10-28-18/h5-7,12-14H,3-4,8-11H2,1-2H3. The van der Waals surface area contributed by atoms with E-state index in [1.807, 2.05) is 12.1 Å². The lowest BCUT2D eigenvalue weighted by Crippen LogP contribution is -2.38. The molecule has 0 radical (unpaired) electrons. The topological polar surface area (TPSA) is 54.9 Å². The maximum Gasteiger partial charge on any atom is 0.260 e. The molecule has 0 fully saturated rings. The van der Waals surface area contributed by atoms with Gasteiger partial charge in [-0.15, -0.1) is 0 Å². The van der Waals surface area contributed by atoms with Crippen LogP contribution in [0, 0.1) is 5.82 Å². The summed E-state index contributed by atoms with van der Waals surface area (Å²) >= 11 is 1.42. The number of carbonyl (C=O) groups is 1. The third-order valence-corrected chi connectivity index (χ3v) is 6.16. The van der Waals surface area contributed by atoms with Gasteiger partial charge in [-0.2, -0.15) is 0 Å². The normalized spacial score (nSPS) is 13.1. The maximum absolute atomic E-state index is 13.7. The van der Waals surface area contributed by atoms with Crippen molar-refractivity contribution in [1.29, 1.82) is 0 Å². The van der Waals surface area contributed by atoms with Gasteiger partial charge in [-0.25, -0.2) is 9.37 Å². The van der Waals surface area contributed by atoms with E-state index in [1.165, 1.54) is 23.5 Å². The SMILES string of the molecule is CCN(CC)CCN(C(=O)c1cccc(F)c1)c1nc2cc3c(cc2s1)OCCO3. The number of aromatic nitrogens is 1. The van der Waals surface area contributed by atoms with Crippen LogP contribution >= 0.6 is 11.3 Å². The number of halogens is 1. The Kier molecular flexibility index (Phi) is 6.15. The van der Waals surface area contributed by atoms with Crippen LogP contribution in [-0.2, 0) is 0 Å². The smallest absolute Gasteiger partial charge is 0.260 e. The highest BCUT2D eigenvalue weighted by Gasteiger charge is 2.23. The summed E-state index contributed by atoms with van der Waals surface area (Å²) in [5.41, 5.74) is 1.05. The lowest BCUT2D eigenvalue weighted by molar-refractivity contribution is 0.0983.